The van der Waals surface area contributed by atoms with Gasteiger partial charge in [0, 0.05) is 10.0 Å². The Morgan fingerprint density at radius 1 is 1.16 bits per heavy atom. The highest BCUT2D eigenvalue weighted by atomic mass is 79.9. The van der Waals surface area contributed by atoms with E-state index in [1.165, 1.54) is 11.6 Å². The minimum atomic E-state index is -0.427. The summed E-state index contributed by atoms with van der Waals surface area (Å²) in [5.41, 5.74) is 8.87. The van der Waals surface area contributed by atoms with Gasteiger partial charge in [0.05, 0.1) is 6.04 Å². The van der Waals surface area contributed by atoms with Gasteiger partial charge >= 0.3 is 0 Å². The standard InChI is InChI=1S/C16H17BrFN/c1-2-3-11-4-6-12(7-5-11)16(19)14-9-8-13(17)10-15(14)18/h4-10,16H,2-3,19H2,1H3. The second kappa shape index (κ2) is 6.31. The van der Waals surface area contributed by atoms with Crippen LogP contribution in [0.3, 0.4) is 0 Å². The van der Waals surface area contributed by atoms with E-state index >= 15 is 0 Å². The fourth-order valence-electron chi connectivity index (χ4n) is 2.11. The van der Waals surface area contributed by atoms with E-state index in [1.54, 1.807) is 6.07 Å². The predicted octanol–water partition coefficient (Wildman–Crippen LogP) is 4.59. The average Bonchev–Trinajstić information content (AvgIpc) is 2.39. The first kappa shape index (κ1) is 14.2. The molecule has 0 aliphatic heterocycles. The van der Waals surface area contributed by atoms with Crippen molar-refractivity contribution >= 4 is 15.9 Å². The van der Waals surface area contributed by atoms with Gasteiger partial charge in [-0.3, -0.25) is 0 Å². The van der Waals surface area contributed by atoms with E-state index in [2.05, 4.69) is 35.0 Å². The zero-order valence-corrected chi connectivity index (χ0v) is 12.5. The first-order valence-electron chi connectivity index (χ1n) is 6.41. The Balaban J connectivity index is 2.25. The molecule has 100 valence electrons. The zero-order chi connectivity index (χ0) is 13.8. The number of aryl methyl sites for hydroxylation is 1. The minimum absolute atomic E-state index is 0.278. The minimum Gasteiger partial charge on any atom is -0.320 e. The zero-order valence-electron chi connectivity index (χ0n) is 10.9. The summed E-state index contributed by atoms with van der Waals surface area (Å²) >= 11 is 3.25. The van der Waals surface area contributed by atoms with Gasteiger partial charge in [-0.25, -0.2) is 4.39 Å². The molecule has 3 heteroatoms. The monoisotopic (exact) mass is 321 g/mol. The Kier molecular flexibility index (Phi) is 4.72. The van der Waals surface area contributed by atoms with E-state index in [1.807, 2.05) is 18.2 Å². The second-order valence-corrected chi connectivity index (χ2v) is 5.55. The van der Waals surface area contributed by atoms with Crippen molar-refractivity contribution in [3.63, 3.8) is 0 Å². The van der Waals surface area contributed by atoms with Crippen LogP contribution in [0.25, 0.3) is 0 Å². The van der Waals surface area contributed by atoms with Crippen LogP contribution in [0.4, 0.5) is 4.39 Å². The molecule has 1 atom stereocenters. The molecule has 19 heavy (non-hydrogen) atoms. The first-order chi connectivity index (χ1) is 9.11. The highest BCUT2D eigenvalue weighted by Crippen LogP contribution is 2.25. The van der Waals surface area contributed by atoms with Crippen LogP contribution in [0, 0.1) is 5.82 Å². The molecule has 0 heterocycles. The summed E-state index contributed by atoms with van der Waals surface area (Å²) in [5, 5.41) is 0. The van der Waals surface area contributed by atoms with Crippen LogP contribution in [0.15, 0.2) is 46.9 Å². The molecule has 0 saturated carbocycles. The van der Waals surface area contributed by atoms with Crippen molar-refractivity contribution in [1.82, 2.24) is 0 Å². The summed E-state index contributed by atoms with van der Waals surface area (Å²) in [5.74, 6) is -0.278. The molecule has 0 fully saturated rings. The molecule has 0 radical (unpaired) electrons. The van der Waals surface area contributed by atoms with Crippen LogP contribution < -0.4 is 5.73 Å². The van der Waals surface area contributed by atoms with Gasteiger partial charge in [-0.1, -0.05) is 59.6 Å². The molecule has 0 amide bonds. The number of hydrogen-bond acceptors (Lipinski definition) is 1. The second-order valence-electron chi connectivity index (χ2n) is 4.64. The topological polar surface area (TPSA) is 26.0 Å². The van der Waals surface area contributed by atoms with Crippen molar-refractivity contribution in [2.75, 3.05) is 0 Å². The van der Waals surface area contributed by atoms with Crippen LogP contribution in [0.2, 0.25) is 0 Å². The lowest BCUT2D eigenvalue weighted by atomic mass is 9.97. The van der Waals surface area contributed by atoms with Crippen molar-refractivity contribution in [1.29, 1.82) is 0 Å². The van der Waals surface area contributed by atoms with Gasteiger partial charge in [-0.2, -0.15) is 0 Å². The lowest BCUT2D eigenvalue weighted by molar-refractivity contribution is 0.599. The third-order valence-corrected chi connectivity index (χ3v) is 3.67. The molecule has 0 aliphatic rings. The third kappa shape index (κ3) is 3.43. The maximum Gasteiger partial charge on any atom is 0.129 e. The molecule has 2 N–H and O–H groups in total. The lowest BCUT2D eigenvalue weighted by Gasteiger charge is -2.14. The summed E-state index contributed by atoms with van der Waals surface area (Å²) in [6.07, 6.45) is 2.18. The van der Waals surface area contributed by atoms with Crippen LogP contribution in [0.5, 0.6) is 0 Å². The molecule has 2 rings (SSSR count). The number of benzene rings is 2. The van der Waals surface area contributed by atoms with Gasteiger partial charge in [0.1, 0.15) is 5.82 Å². The molecule has 1 nitrogen and oxygen atoms in total. The molecule has 0 aromatic heterocycles. The largest absolute Gasteiger partial charge is 0.320 e. The van der Waals surface area contributed by atoms with Crippen LogP contribution in [-0.2, 0) is 6.42 Å². The molecular weight excluding hydrogens is 305 g/mol. The summed E-state index contributed by atoms with van der Waals surface area (Å²) in [6, 6.07) is 12.6. The Morgan fingerprint density at radius 2 is 1.84 bits per heavy atom. The number of rotatable bonds is 4. The van der Waals surface area contributed by atoms with Crippen molar-refractivity contribution in [3.05, 3.63) is 69.4 Å². The van der Waals surface area contributed by atoms with Crippen molar-refractivity contribution in [3.8, 4) is 0 Å². The van der Waals surface area contributed by atoms with E-state index < -0.39 is 6.04 Å². The summed E-state index contributed by atoms with van der Waals surface area (Å²) in [7, 11) is 0. The summed E-state index contributed by atoms with van der Waals surface area (Å²) in [4.78, 5) is 0. The van der Waals surface area contributed by atoms with Gasteiger partial charge in [-0.05, 0) is 29.7 Å². The van der Waals surface area contributed by atoms with Crippen LogP contribution in [0.1, 0.15) is 36.1 Å². The molecule has 0 saturated heterocycles. The maximum absolute atomic E-state index is 13.9. The Labute approximate surface area is 121 Å². The van der Waals surface area contributed by atoms with Gasteiger partial charge < -0.3 is 5.73 Å². The van der Waals surface area contributed by atoms with Gasteiger partial charge in [0.2, 0.25) is 0 Å². The maximum atomic E-state index is 13.9. The molecule has 0 bridgehead atoms. The molecule has 2 aromatic carbocycles. The van der Waals surface area contributed by atoms with Crippen molar-refractivity contribution in [2.24, 2.45) is 5.73 Å². The van der Waals surface area contributed by atoms with Crippen molar-refractivity contribution in [2.45, 2.75) is 25.8 Å². The fourth-order valence-corrected chi connectivity index (χ4v) is 2.45. The summed E-state index contributed by atoms with van der Waals surface area (Å²) in [6.45, 7) is 2.15. The summed E-state index contributed by atoms with van der Waals surface area (Å²) < 4.78 is 14.6. The van der Waals surface area contributed by atoms with Gasteiger partial charge in [0.25, 0.3) is 0 Å². The number of halogens is 2. The normalized spacial score (nSPS) is 12.4. The number of hydrogen-bond donors (Lipinski definition) is 1. The first-order valence-corrected chi connectivity index (χ1v) is 7.20. The SMILES string of the molecule is CCCc1ccc(C(N)c2ccc(Br)cc2F)cc1. The quantitative estimate of drug-likeness (QED) is 0.875. The number of nitrogens with two attached hydrogens (primary N) is 1. The van der Waals surface area contributed by atoms with E-state index in [0.717, 1.165) is 22.9 Å². The Morgan fingerprint density at radius 3 is 2.42 bits per heavy atom. The molecular formula is C16H17BrFN. The van der Waals surface area contributed by atoms with Gasteiger partial charge in [-0.15, -0.1) is 0 Å². The van der Waals surface area contributed by atoms with Crippen LogP contribution >= 0.6 is 15.9 Å². The fraction of sp³-hybridized carbons (Fsp3) is 0.250. The predicted molar refractivity (Wildman–Crippen MR) is 80.6 cm³/mol. The van der Waals surface area contributed by atoms with Gasteiger partial charge in [0.15, 0.2) is 0 Å². The highest BCUT2D eigenvalue weighted by Gasteiger charge is 2.13. The smallest absolute Gasteiger partial charge is 0.129 e. The van der Waals surface area contributed by atoms with Crippen molar-refractivity contribution < 1.29 is 4.39 Å². The third-order valence-electron chi connectivity index (χ3n) is 3.18. The molecule has 0 spiro atoms. The van der Waals surface area contributed by atoms with E-state index in [4.69, 9.17) is 5.73 Å². The van der Waals surface area contributed by atoms with Crippen LogP contribution in [-0.4, -0.2) is 0 Å². The highest BCUT2D eigenvalue weighted by molar-refractivity contribution is 9.10. The molecule has 0 aliphatic carbocycles. The van der Waals surface area contributed by atoms with E-state index in [-0.39, 0.29) is 5.82 Å². The Bertz CT molecular complexity index is 551. The molecule has 1 unspecified atom stereocenters. The molecule has 2 aromatic rings. The van der Waals surface area contributed by atoms with E-state index in [0.29, 0.717) is 5.56 Å². The van der Waals surface area contributed by atoms with E-state index in [9.17, 15) is 4.39 Å². The lowest BCUT2D eigenvalue weighted by Crippen LogP contribution is -2.13. The Hall–Kier alpha value is -1.19. The average molecular weight is 322 g/mol.